The Bertz CT molecular complexity index is 918. The SMILES string of the molecule is CC(NC(=O)C=Cc1ccc(C(=O)NC2CC2)cc1)c1cccc([N+](=O)[O-])c1. The van der Waals surface area contributed by atoms with Gasteiger partial charge in [0.1, 0.15) is 0 Å². The largest absolute Gasteiger partial charge is 0.349 e. The van der Waals surface area contributed by atoms with E-state index in [1.165, 1.54) is 18.2 Å². The lowest BCUT2D eigenvalue weighted by Crippen LogP contribution is -2.25. The Kier molecular flexibility index (Phi) is 5.84. The Labute approximate surface area is 162 Å². The summed E-state index contributed by atoms with van der Waals surface area (Å²) in [4.78, 5) is 34.5. The summed E-state index contributed by atoms with van der Waals surface area (Å²) in [5.74, 6) is -0.392. The number of hydrogen-bond donors (Lipinski definition) is 2. The molecular formula is C21H21N3O4. The Hall–Kier alpha value is -3.48. The summed E-state index contributed by atoms with van der Waals surface area (Å²) in [6, 6.07) is 13.1. The van der Waals surface area contributed by atoms with Gasteiger partial charge in [0.15, 0.2) is 0 Å². The zero-order valence-corrected chi connectivity index (χ0v) is 15.4. The maximum atomic E-state index is 12.1. The number of rotatable bonds is 7. The van der Waals surface area contributed by atoms with Crippen LogP contribution in [-0.2, 0) is 4.79 Å². The molecule has 2 amide bonds. The standard InChI is InChI=1S/C21H21N3O4/c1-14(17-3-2-4-19(13-17)24(27)28)22-20(25)12-7-15-5-8-16(9-6-15)21(26)23-18-10-11-18/h2-9,12-14,18H,10-11H2,1H3,(H,22,25)(H,23,26). The summed E-state index contributed by atoms with van der Waals surface area (Å²) in [5, 5.41) is 16.6. The van der Waals surface area contributed by atoms with Crippen molar-refractivity contribution in [3.63, 3.8) is 0 Å². The summed E-state index contributed by atoms with van der Waals surface area (Å²) in [6.07, 6.45) is 5.12. The third-order valence-corrected chi connectivity index (χ3v) is 4.45. The summed E-state index contributed by atoms with van der Waals surface area (Å²) in [5.41, 5.74) is 2.02. The lowest BCUT2D eigenvalue weighted by molar-refractivity contribution is -0.384. The second kappa shape index (κ2) is 8.47. The molecule has 0 saturated heterocycles. The number of carbonyl (C=O) groups excluding carboxylic acids is 2. The first-order valence-corrected chi connectivity index (χ1v) is 9.06. The van der Waals surface area contributed by atoms with Gasteiger partial charge in [-0.05, 0) is 49.1 Å². The Morgan fingerprint density at radius 3 is 2.54 bits per heavy atom. The third kappa shape index (κ3) is 5.26. The molecule has 1 saturated carbocycles. The lowest BCUT2D eigenvalue weighted by atomic mass is 10.1. The van der Waals surface area contributed by atoms with E-state index in [0.717, 1.165) is 18.4 Å². The second-order valence-electron chi connectivity index (χ2n) is 6.79. The third-order valence-electron chi connectivity index (χ3n) is 4.45. The van der Waals surface area contributed by atoms with E-state index < -0.39 is 4.92 Å². The van der Waals surface area contributed by atoms with Gasteiger partial charge in [0, 0.05) is 29.8 Å². The van der Waals surface area contributed by atoms with Crippen molar-refractivity contribution in [2.45, 2.75) is 31.8 Å². The second-order valence-corrected chi connectivity index (χ2v) is 6.79. The molecule has 0 heterocycles. The van der Waals surface area contributed by atoms with Crippen LogP contribution in [0.15, 0.2) is 54.6 Å². The number of nitro groups is 1. The molecule has 7 nitrogen and oxygen atoms in total. The predicted molar refractivity (Wildman–Crippen MR) is 106 cm³/mol. The maximum Gasteiger partial charge on any atom is 0.269 e. The van der Waals surface area contributed by atoms with E-state index in [-0.39, 0.29) is 23.5 Å². The molecule has 1 aliphatic carbocycles. The van der Waals surface area contributed by atoms with Gasteiger partial charge in [-0.2, -0.15) is 0 Å². The molecule has 1 unspecified atom stereocenters. The number of nitro benzene ring substituents is 1. The Morgan fingerprint density at radius 2 is 1.89 bits per heavy atom. The van der Waals surface area contributed by atoms with Gasteiger partial charge in [-0.1, -0.05) is 24.3 Å². The minimum atomic E-state index is -0.466. The van der Waals surface area contributed by atoms with Gasteiger partial charge in [-0.3, -0.25) is 19.7 Å². The first-order chi connectivity index (χ1) is 13.4. The first kappa shape index (κ1) is 19.3. The minimum absolute atomic E-state index is 0.0139. The zero-order chi connectivity index (χ0) is 20.1. The summed E-state index contributed by atoms with van der Waals surface area (Å²) < 4.78 is 0. The quantitative estimate of drug-likeness (QED) is 0.437. The van der Waals surface area contributed by atoms with E-state index >= 15 is 0 Å². The van der Waals surface area contributed by atoms with E-state index in [9.17, 15) is 19.7 Å². The van der Waals surface area contributed by atoms with Crippen LogP contribution >= 0.6 is 0 Å². The van der Waals surface area contributed by atoms with Crippen LogP contribution in [0.1, 0.15) is 47.3 Å². The van der Waals surface area contributed by atoms with Crippen LogP contribution in [0, 0.1) is 10.1 Å². The van der Waals surface area contributed by atoms with Gasteiger partial charge in [0.25, 0.3) is 11.6 Å². The highest BCUT2D eigenvalue weighted by atomic mass is 16.6. The van der Waals surface area contributed by atoms with E-state index in [2.05, 4.69) is 10.6 Å². The number of benzene rings is 2. The van der Waals surface area contributed by atoms with E-state index in [1.807, 2.05) is 0 Å². The van der Waals surface area contributed by atoms with Crippen molar-refractivity contribution in [2.75, 3.05) is 0 Å². The molecule has 7 heteroatoms. The molecule has 1 aliphatic rings. The van der Waals surface area contributed by atoms with Gasteiger partial charge in [0.2, 0.25) is 5.91 Å². The zero-order valence-electron chi connectivity index (χ0n) is 15.4. The van der Waals surface area contributed by atoms with Crippen molar-refractivity contribution in [1.29, 1.82) is 0 Å². The molecule has 2 aromatic carbocycles. The van der Waals surface area contributed by atoms with Gasteiger partial charge in [-0.25, -0.2) is 0 Å². The van der Waals surface area contributed by atoms with Crippen molar-refractivity contribution in [3.8, 4) is 0 Å². The highest BCUT2D eigenvalue weighted by molar-refractivity contribution is 5.95. The van der Waals surface area contributed by atoms with Crippen LogP contribution in [0.25, 0.3) is 6.08 Å². The van der Waals surface area contributed by atoms with Crippen LogP contribution in [0.2, 0.25) is 0 Å². The molecule has 0 aliphatic heterocycles. The molecule has 28 heavy (non-hydrogen) atoms. The smallest absolute Gasteiger partial charge is 0.269 e. The number of amides is 2. The van der Waals surface area contributed by atoms with Gasteiger partial charge in [-0.15, -0.1) is 0 Å². The monoisotopic (exact) mass is 379 g/mol. The minimum Gasteiger partial charge on any atom is -0.349 e. The van der Waals surface area contributed by atoms with Gasteiger partial charge in [0.05, 0.1) is 11.0 Å². The van der Waals surface area contributed by atoms with Crippen LogP contribution < -0.4 is 10.6 Å². The van der Waals surface area contributed by atoms with E-state index in [1.54, 1.807) is 49.4 Å². The molecule has 2 N–H and O–H groups in total. The Morgan fingerprint density at radius 1 is 1.18 bits per heavy atom. The summed E-state index contributed by atoms with van der Waals surface area (Å²) in [7, 11) is 0. The molecule has 2 aromatic rings. The fourth-order valence-electron chi connectivity index (χ4n) is 2.67. The summed E-state index contributed by atoms with van der Waals surface area (Å²) in [6.45, 7) is 1.76. The highest BCUT2D eigenvalue weighted by Crippen LogP contribution is 2.20. The van der Waals surface area contributed by atoms with Crippen molar-refractivity contribution in [2.24, 2.45) is 0 Å². The number of hydrogen-bond acceptors (Lipinski definition) is 4. The van der Waals surface area contributed by atoms with Crippen LogP contribution in [0.3, 0.4) is 0 Å². The van der Waals surface area contributed by atoms with Crippen LogP contribution in [0.4, 0.5) is 5.69 Å². The van der Waals surface area contributed by atoms with Gasteiger partial charge < -0.3 is 10.6 Å². The average molecular weight is 379 g/mol. The predicted octanol–water partition coefficient (Wildman–Crippen LogP) is 3.38. The molecule has 0 spiro atoms. The summed E-state index contributed by atoms with van der Waals surface area (Å²) >= 11 is 0. The fraction of sp³-hybridized carbons (Fsp3) is 0.238. The molecule has 0 aromatic heterocycles. The number of nitrogens with zero attached hydrogens (tertiary/aromatic N) is 1. The van der Waals surface area contributed by atoms with Crippen molar-refractivity contribution >= 4 is 23.6 Å². The van der Waals surface area contributed by atoms with Crippen molar-refractivity contribution in [3.05, 3.63) is 81.4 Å². The van der Waals surface area contributed by atoms with Gasteiger partial charge >= 0.3 is 0 Å². The molecule has 3 rings (SSSR count). The van der Waals surface area contributed by atoms with Crippen molar-refractivity contribution in [1.82, 2.24) is 10.6 Å². The van der Waals surface area contributed by atoms with E-state index in [4.69, 9.17) is 0 Å². The maximum absolute atomic E-state index is 12.1. The molecular weight excluding hydrogens is 358 g/mol. The van der Waals surface area contributed by atoms with Crippen LogP contribution in [0.5, 0.6) is 0 Å². The fourth-order valence-corrected chi connectivity index (χ4v) is 2.67. The Balaban J connectivity index is 1.56. The number of non-ortho nitro benzene ring substituents is 1. The molecule has 144 valence electrons. The van der Waals surface area contributed by atoms with Crippen LogP contribution in [-0.4, -0.2) is 22.8 Å². The first-order valence-electron chi connectivity index (χ1n) is 9.06. The van der Waals surface area contributed by atoms with Crippen molar-refractivity contribution < 1.29 is 14.5 Å². The topological polar surface area (TPSA) is 101 Å². The molecule has 1 fully saturated rings. The number of carbonyl (C=O) groups is 2. The normalized spacial score (nSPS) is 14.5. The molecule has 0 bridgehead atoms. The van der Waals surface area contributed by atoms with E-state index in [0.29, 0.717) is 17.2 Å². The number of nitrogens with one attached hydrogen (secondary N) is 2. The average Bonchev–Trinajstić information content (AvgIpc) is 3.50. The molecule has 0 radical (unpaired) electrons. The highest BCUT2D eigenvalue weighted by Gasteiger charge is 2.23. The molecule has 1 atom stereocenters. The lowest BCUT2D eigenvalue weighted by Gasteiger charge is -2.12.